The third-order valence-corrected chi connectivity index (χ3v) is 7.33. The summed E-state index contributed by atoms with van der Waals surface area (Å²) in [5.74, 6) is 0.632. The molecule has 1 N–H and O–H groups in total. The third-order valence-electron chi connectivity index (χ3n) is 4.48. The molecule has 0 bridgehead atoms. The summed E-state index contributed by atoms with van der Waals surface area (Å²) in [6.07, 6.45) is 2.85. The van der Waals surface area contributed by atoms with Gasteiger partial charge in [-0.15, -0.1) is 11.8 Å². The van der Waals surface area contributed by atoms with Gasteiger partial charge in [-0.2, -0.15) is 4.31 Å². The molecule has 0 atom stereocenters. The van der Waals surface area contributed by atoms with Gasteiger partial charge in [-0.25, -0.2) is 8.42 Å². The highest BCUT2D eigenvalue weighted by atomic mass is 32.2. The Labute approximate surface area is 165 Å². The first-order valence-corrected chi connectivity index (χ1v) is 11.6. The second kappa shape index (κ2) is 8.91. The van der Waals surface area contributed by atoms with Crippen LogP contribution >= 0.6 is 11.8 Å². The number of sulfonamides is 1. The van der Waals surface area contributed by atoms with E-state index in [2.05, 4.69) is 5.32 Å². The molecule has 27 heavy (non-hydrogen) atoms. The molecule has 1 amide bonds. The standard InChI is InChI=1S/C20H24N2O3S2/c1-2-26-19-12-5-4-11-18(19)20(23)21-16-9-8-10-17(15-16)27(24,25)22-13-6-3-7-14-22/h4-5,8-12,15H,2-3,6-7,13-14H2,1H3,(H,21,23). The van der Waals surface area contributed by atoms with Crippen molar-refractivity contribution >= 4 is 33.4 Å². The highest BCUT2D eigenvalue weighted by Gasteiger charge is 2.26. The number of anilines is 1. The maximum absolute atomic E-state index is 12.8. The number of thioether (sulfide) groups is 1. The lowest BCUT2D eigenvalue weighted by Crippen LogP contribution is -2.35. The number of piperidine rings is 1. The number of hydrogen-bond donors (Lipinski definition) is 1. The summed E-state index contributed by atoms with van der Waals surface area (Å²) in [5, 5.41) is 2.84. The molecule has 1 fully saturated rings. The molecule has 3 rings (SSSR count). The van der Waals surface area contributed by atoms with Crippen LogP contribution < -0.4 is 5.32 Å². The summed E-state index contributed by atoms with van der Waals surface area (Å²) in [6, 6.07) is 13.9. The molecule has 144 valence electrons. The topological polar surface area (TPSA) is 66.5 Å². The average Bonchev–Trinajstić information content (AvgIpc) is 2.69. The van der Waals surface area contributed by atoms with E-state index in [1.807, 2.05) is 25.1 Å². The normalized spacial score (nSPS) is 15.4. The van der Waals surface area contributed by atoms with Gasteiger partial charge in [-0.3, -0.25) is 4.79 Å². The minimum Gasteiger partial charge on any atom is -0.322 e. The number of nitrogens with one attached hydrogen (secondary N) is 1. The third kappa shape index (κ3) is 4.72. The zero-order valence-electron chi connectivity index (χ0n) is 15.3. The van der Waals surface area contributed by atoms with Crippen molar-refractivity contribution in [3.05, 3.63) is 54.1 Å². The minimum atomic E-state index is -3.52. The Morgan fingerprint density at radius 1 is 1.07 bits per heavy atom. The SMILES string of the molecule is CCSc1ccccc1C(=O)Nc1cccc(S(=O)(=O)N2CCCCC2)c1. The van der Waals surface area contributed by atoms with Gasteiger partial charge in [-0.1, -0.05) is 31.5 Å². The molecule has 1 aliphatic rings. The van der Waals surface area contributed by atoms with Crippen molar-refractivity contribution in [2.24, 2.45) is 0 Å². The van der Waals surface area contributed by atoms with E-state index >= 15 is 0 Å². The van der Waals surface area contributed by atoms with Gasteiger partial charge >= 0.3 is 0 Å². The van der Waals surface area contributed by atoms with Crippen LogP contribution in [0.1, 0.15) is 36.5 Å². The maximum atomic E-state index is 12.8. The summed E-state index contributed by atoms with van der Waals surface area (Å²) in [4.78, 5) is 13.8. The number of benzene rings is 2. The van der Waals surface area contributed by atoms with Crippen LogP contribution in [0.5, 0.6) is 0 Å². The first-order valence-electron chi connectivity index (χ1n) is 9.16. The second-order valence-corrected chi connectivity index (χ2v) is 9.62. The summed E-state index contributed by atoms with van der Waals surface area (Å²) >= 11 is 1.60. The summed E-state index contributed by atoms with van der Waals surface area (Å²) < 4.78 is 27.2. The van der Waals surface area contributed by atoms with Crippen LogP contribution in [0, 0.1) is 0 Å². The number of hydrogen-bond acceptors (Lipinski definition) is 4. The molecule has 0 aromatic heterocycles. The Kier molecular flexibility index (Phi) is 6.57. The van der Waals surface area contributed by atoms with Crippen LogP contribution in [0.3, 0.4) is 0 Å². The highest BCUT2D eigenvalue weighted by molar-refractivity contribution is 7.99. The molecule has 7 heteroatoms. The molecular formula is C20H24N2O3S2. The molecule has 5 nitrogen and oxygen atoms in total. The van der Waals surface area contributed by atoms with E-state index in [0.29, 0.717) is 24.3 Å². The van der Waals surface area contributed by atoms with E-state index in [-0.39, 0.29) is 10.8 Å². The van der Waals surface area contributed by atoms with Gasteiger partial charge < -0.3 is 5.32 Å². The lowest BCUT2D eigenvalue weighted by molar-refractivity contribution is 0.102. The second-order valence-electron chi connectivity index (χ2n) is 6.38. The van der Waals surface area contributed by atoms with E-state index < -0.39 is 10.0 Å². The number of carbonyl (C=O) groups is 1. The number of amides is 1. The molecule has 1 aliphatic heterocycles. The number of nitrogens with zero attached hydrogens (tertiary/aromatic N) is 1. The molecule has 2 aromatic carbocycles. The molecule has 0 radical (unpaired) electrons. The first-order chi connectivity index (χ1) is 13.0. The minimum absolute atomic E-state index is 0.221. The van der Waals surface area contributed by atoms with Gasteiger partial charge in [0.25, 0.3) is 5.91 Å². The summed E-state index contributed by atoms with van der Waals surface area (Å²) in [7, 11) is -3.52. The van der Waals surface area contributed by atoms with Crippen LogP contribution in [-0.2, 0) is 10.0 Å². The Morgan fingerprint density at radius 3 is 2.56 bits per heavy atom. The zero-order chi connectivity index (χ0) is 19.3. The van der Waals surface area contributed by atoms with Crippen LogP contribution in [0.2, 0.25) is 0 Å². The Morgan fingerprint density at radius 2 is 1.81 bits per heavy atom. The van der Waals surface area contributed by atoms with Crippen LogP contribution in [0.15, 0.2) is 58.3 Å². The van der Waals surface area contributed by atoms with Crippen LogP contribution in [0.25, 0.3) is 0 Å². The van der Waals surface area contributed by atoms with Gasteiger partial charge in [0.2, 0.25) is 10.0 Å². The lowest BCUT2D eigenvalue weighted by atomic mass is 10.2. The fraction of sp³-hybridized carbons (Fsp3) is 0.350. The van der Waals surface area contributed by atoms with Crippen LogP contribution in [0.4, 0.5) is 5.69 Å². The quantitative estimate of drug-likeness (QED) is 0.732. The van der Waals surface area contributed by atoms with E-state index in [4.69, 9.17) is 0 Å². The zero-order valence-corrected chi connectivity index (χ0v) is 17.0. The van der Waals surface area contributed by atoms with Crippen molar-refractivity contribution in [1.82, 2.24) is 4.31 Å². The van der Waals surface area contributed by atoms with Gasteiger partial charge in [-0.05, 0) is 48.9 Å². The van der Waals surface area contributed by atoms with Crippen molar-refractivity contribution in [3.63, 3.8) is 0 Å². The highest BCUT2D eigenvalue weighted by Crippen LogP contribution is 2.25. The molecular weight excluding hydrogens is 380 g/mol. The van der Waals surface area contributed by atoms with Gasteiger partial charge in [0.1, 0.15) is 0 Å². The Balaban J connectivity index is 1.81. The summed E-state index contributed by atoms with van der Waals surface area (Å²) in [6.45, 7) is 3.15. The fourth-order valence-electron chi connectivity index (χ4n) is 3.12. The molecule has 0 spiro atoms. The molecule has 2 aromatic rings. The number of carbonyl (C=O) groups excluding carboxylic acids is 1. The lowest BCUT2D eigenvalue weighted by Gasteiger charge is -2.26. The predicted molar refractivity (Wildman–Crippen MR) is 110 cm³/mol. The van der Waals surface area contributed by atoms with E-state index in [1.165, 1.54) is 10.4 Å². The van der Waals surface area contributed by atoms with Crippen molar-refractivity contribution in [3.8, 4) is 0 Å². The molecule has 0 unspecified atom stereocenters. The monoisotopic (exact) mass is 404 g/mol. The van der Waals surface area contributed by atoms with Crippen molar-refractivity contribution in [2.45, 2.75) is 36.0 Å². The number of rotatable bonds is 6. The van der Waals surface area contributed by atoms with Crippen LogP contribution in [-0.4, -0.2) is 37.5 Å². The fourth-order valence-corrected chi connectivity index (χ4v) is 5.49. The van der Waals surface area contributed by atoms with E-state index in [0.717, 1.165) is 29.9 Å². The van der Waals surface area contributed by atoms with E-state index in [9.17, 15) is 13.2 Å². The largest absolute Gasteiger partial charge is 0.322 e. The van der Waals surface area contributed by atoms with Gasteiger partial charge in [0.05, 0.1) is 10.5 Å². The van der Waals surface area contributed by atoms with E-state index in [1.54, 1.807) is 36.0 Å². The first kappa shape index (κ1) is 19.9. The Bertz CT molecular complexity index is 907. The summed E-state index contributed by atoms with van der Waals surface area (Å²) in [5.41, 5.74) is 1.07. The van der Waals surface area contributed by atoms with Crippen molar-refractivity contribution in [1.29, 1.82) is 0 Å². The molecule has 1 saturated heterocycles. The van der Waals surface area contributed by atoms with Crippen molar-refractivity contribution in [2.75, 3.05) is 24.2 Å². The molecule has 0 aliphatic carbocycles. The van der Waals surface area contributed by atoms with Gasteiger partial charge in [0.15, 0.2) is 0 Å². The van der Waals surface area contributed by atoms with Crippen molar-refractivity contribution < 1.29 is 13.2 Å². The maximum Gasteiger partial charge on any atom is 0.256 e. The van der Waals surface area contributed by atoms with Gasteiger partial charge in [0, 0.05) is 23.7 Å². The molecule has 1 heterocycles. The predicted octanol–water partition coefficient (Wildman–Crippen LogP) is 4.23. The molecule has 0 saturated carbocycles. The average molecular weight is 405 g/mol. The smallest absolute Gasteiger partial charge is 0.256 e. The Hall–Kier alpha value is -1.83.